The van der Waals surface area contributed by atoms with E-state index in [2.05, 4.69) is 10.6 Å². The van der Waals surface area contributed by atoms with E-state index < -0.39 is 48.3 Å². The molecule has 12 heteroatoms. The van der Waals surface area contributed by atoms with Crippen LogP contribution in [0.5, 0.6) is 0 Å². The van der Waals surface area contributed by atoms with Gasteiger partial charge >= 0.3 is 18.3 Å². The summed E-state index contributed by atoms with van der Waals surface area (Å²) >= 11 is 0. The zero-order valence-electron chi connectivity index (χ0n) is 20.4. The number of nitrogens with one attached hydrogen (secondary N) is 2. The van der Waals surface area contributed by atoms with Crippen molar-refractivity contribution in [1.29, 1.82) is 0 Å². The number of imide groups is 1. The van der Waals surface area contributed by atoms with E-state index in [1.54, 1.807) is 42.5 Å². The summed E-state index contributed by atoms with van der Waals surface area (Å²) in [5, 5.41) is 5.05. The van der Waals surface area contributed by atoms with E-state index in [4.69, 9.17) is 4.74 Å². The van der Waals surface area contributed by atoms with Crippen molar-refractivity contribution in [3.8, 4) is 0 Å². The predicted molar refractivity (Wildman–Crippen MR) is 128 cm³/mol. The van der Waals surface area contributed by atoms with Crippen molar-refractivity contribution in [3.63, 3.8) is 0 Å². The molecule has 9 nitrogen and oxygen atoms in total. The number of carbonyl (C=O) groups excluding carboxylic acids is 4. The molecule has 1 fully saturated rings. The number of benzene rings is 2. The molecule has 2 aromatic rings. The Labute approximate surface area is 215 Å². The molecule has 5 amide bonds. The van der Waals surface area contributed by atoms with Gasteiger partial charge in [0.2, 0.25) is 11.5 Å². The van der Waals surface area contributed by atoms with E-state index in [-0.39, 0.29) is 25.8 Å². The number of nitrogens with zero attached hydrogens (tertiary/aromatic N) is 2. The van der Waals surface area contributed by atoms with Crippen LogP contribution in [0.25, 0.3) is 0 Å². The van der Waals surface area contributed by atoms with Crippen molar-refractivity contribution in [1.82, 2.24) is 15.1 Å². The number of aryl methyl sites for hydroxylation is 2. The minimum Gasteiger partial charge on any atom is -0.427 e. The van der Waals surface area contributed by atoms with Gasteiger partial charge in [0.1, 0.15) is 12.6 Å². The molecule has 1 saturated heterocycles. The molecule has 0 aromatic heterocycles. The molecule has 3 aliphatic rings. The number of rotatable bonds is 3. The fourth-order valence-corrected chi connectivity index (χ4v) is 5.45. The van der Waals surface area contributed by atoms with E-state index in [0.717, 1.165) is 5.56 Å². The molecule has 38 heavy (non-hydrogen) atoms. The van der Waals surface area contributed by atoms with E-state index in [1.807, 2.05) is 0 Å². The molecule has 2 aromatic carbocycles. The Morgan fingerprint density at radius 2 is 1.82 bits per heavy atom. The summed E-state index contributed by atoms with van der Waals surface area (Å²) in [5.41, 5.74) is 1.22. The summed E-state index contributed by atoms with van der Waals surface area (Å²) in [7, 11) is 1.46. The lowest BCUT2D eigenvalue weighted by Crippen LogP contribution is -2.52. The quantitative estimate of drug-likeness (QED) is 0.632. The van der Waals surface area contributed by atoms with Gasteiger partial charge in [-0.25, -0.2) is 14.5 Å². The van der Waals surface area contributed by atoms with Crippen LogP contribution < -0.4 is 10.6 Å². The van der Waals surface area contributed by atoms with Gasteiger partial charge in [-0.3, -0.25) is 9.59 Å². The van der Waals surface area contributed by atoms with Crippen molar-refractivity contribution in [2.75, 3.05) is 18.9 Å². The Morgan fingerprint density at radius 3 is 2.53 bits per heavy atom. The number of fused-ring (bicyclic) bond motifs is 3. The minimum absolute atomic E-state index is 0.114. The Hall–Kier alpha value is -4.09. The van der Waals surface area contributed by atoms with Crippen molar-refractivity contribution in [2.45, 2.75) is 50.0 Å². The lowest BCUT2D eigenvalue weighted by atomic mass is 9.94. The molecule has 1 aliphatic carbocycles. The number of ether oxygens (including phenoxy) is 1. The van der Waals surface area contributed by atoms with Gasteiger partial charge in [-0.05, 0) is 48.1 Å². The first-order valence-electron chi connectivity index (χ1n) is 12.1. The van der Waals surface area contributed by atoms with Gasteiger partial charge in [0.05, 0.1) is 0 Å². The molecule has 5 rings (SSSR count). The number of amides is 5. The van der Waals surface area contributed by atoms with Gasteiger partial charge in [-0.1, -0.05) is 30.3 Å². The Kier molecular flexibility index (Phi) is 6.28. The highest BCUT2D eigenvalue weighted by Gasteiger charge is 2.59. The van der Waals surface area contributed by atoms with Crippen LogP contribution in [0.1, 0.15) is 35.1 Å². The van der Waals surface area contributed by atoms with Crippen LogP contribution in [0.3, 0.4) is 0 Å². The van der Waals surface area contributed by atoms with Gasteiger partial charge in [0, 0.05) is 31.3 Å². The van der Waals surface area contributed by atoms with Crippen molar-refractivity contribution in [2.24, 2.45) is 0 Å². The molecule has 0 bridgehead atoms. The maximum Gasteiger partial charge on any atom is 0.418 e. The van der Waals surface area contributed by atoms with Gasteiger partial charge in [0.15, 0.2) is 0 Å². The zero-order valence-corrected chi connectivity index (χ0v) is 20.4. The summed E-state index contributed by atoms with van der Waals surface area (Å²) in [6.45, 7) is -1.15. The van der Waals surface area contributed by atoms with Crippen LogP contribution in [-0.4, -0.2) is 59.5 Å². The smallest absolute Gasteiger partial charge is 0.418 e. The monoisotopic (exact) mass is 530 g/mol. The standard InChI is InChI=1S/C26H25F3N4O5/c1-30-23(36)31-18-7-8-19-16(12-18)10-11-25(19)22(35)33(24(37)38-25)14-21(34)32-13-17-5-3-2-4-15(17)6-9-20(32)26(27,28)29/h2-5,7-8,12,20H,6,9-11,13-14H2,1H3,(H2,30,31,36)/t20-,25-/m0/s1. The highest BCUT2D eigenvalue weighted by Crippen LogP contribution is 2.46. The summed E-state index contributed by atoms with van der Waals surface area (Å²) in [5.74, 6) is -1.78. The van der Waals surface area contributed by atoms with E-state index >= 15 is 0 Å². The van der Waals surface area contributed by atoms with E-state index in [1.165, 1.54) is 7.05 Å². The Morgan fingerprint density at radius 1 is 1.08 bits per heavy atom. The Bertz CT molecular complexity index is 1330. The maximum absolute atomic E-state index is 14.0. The lowest BCUT2D eigenvalue weighted by Gasteiger charge is -2.32. The number of carbonyl (C=O) groups is 4. The third-order valence-electron chi connectivity index (χ3n) is 7.36. The predicted octanol–water partition coefficient (Wildman–Crippen LogP) is 3.46. The average Bonchev–Trinajstić information content (AvgIpc) is 3.24. The number of alkyl halides is 3. The average molecular weight is 531 g/mol. The van der Waals surface area contributed by atoms with Crippen molar-refractivity contribution < 1.29 is 37.1 Å². The van der Waals surface area contributed by atoms with Gasteiger partial charge in [-0.2, -0.15) is 13.2 Å². The molecule has 2 atom stereocenters. The second kappa shape index (κ2) is 9.34. The number of hydrogen-bond donors (Lipinski definition) is 2. The van der Waals surface area contributed by atoms with Crippen LogP contribution in [0.4, 0.5) is 28.4 Å². The Balaban J connectivity index is 1.39. The molecule has 0 unspecified atom stereocenters. The van der Waals surface area contributed by atoms with Crippen molar-refractivity contribution >= 4 is 29.6 Å². The largest absolute Gasteiger partial charge is 0.427 e. The fourth-order valence-electron chi connectivity index (χ4n) is 5.45. The number of anilines is 1. The van der Waals surface area contributed by atoms with Crippen LogP contribution in [0.2, 0.25) is 0 Å². The molecular weight excluding hydrogens is 505 g/mol. The normalized spacial score (nSPS) is 22.6. The minimum atomic E-state index is -4.68. The second-order valence-electron chi connectivity index (χ2n) is 9.55. The van der Waals surface area contributed by atoms with Gasteiger partial charge in [0.25, 0.3) is 5.91 Å². The first-order valence-corrected chi connectivity index (χ1v) is 12.1. The van der Waals surface area contributed by atoms with E-state index in [0.29, 0.717) is 38.6 Å². The van der Waals surface area contributed by atoms with Crippen LogP contribution in [0, 0.1) is 0 Å². The molecule has 0 saturated carbocycles. The first kappa shape index (κ1) is 25.6. The molecule has 2 N–H and O–H groups in total. The van der Waals surface area contributed by atoms with Crippen LogP contribution in [0.15, 0.2) is 42.5 Å². The van der Waals surface area contributed by atoms with Gasteiger partial charge in [-0.15, -0.1) is 0 Å². The highest BCUT2D eigenvalue weighted by molar-refractivity contribution is 6.06. The molecule has 1 spiro atoms. The van der Waals surface area contributed by atoms with Crippen molar-refractivity contribution in [3.05, 3.63) is 64.7 Å². The first-order chi connectivity index (χ1) is 18.0. The highest BCUT2D eigenvalue weighted by atomic mass is 19.4. The topological polar surface area (TPSA) is 108 Å². The van der Waals surface area contributed by atoms with Crippen LogP contribution in [-0.2, 0) is 39.3 Å². The van der Waals surface area contributed by atoms with E-state index in [9.17, 15) is 32.3 Å². The third kappa shape index (κ3) is 4.33. The number of halogens is 3. The second-order valence-corrected chi connectivity index (χ2v) is 9.55. The molecule has 0 radical (unpaired) electrons. The summed E-state index contributed by atoms with van der Waals surface area (Å²) in [6.07, 6.45) is -5.47. The summed E-state index contributed by atoms with van der Waals surface area (Å²) in [6, 6.07) is 9.12. The SMILES string of the molecule is CNC(=O)Nc1ccc2c(c1)CC[C@]21OC(=O)N(CC(=O)N2Cc3ccccc3CC[C@H]2C(F)(F)F)C1=O. The number of hydrogen-bond acceptors (Lipinski definition) is 5. The zero-order chi connectivity index (χ0) is 27.2. The third-order valence-corrected chi connectivity index (χ3v) is 7.36. The molecule has 2 aliphatic heterocycles. The fraction of sp³-hybridized carbons (Fsp3) is 0.385. The molecular formula is C26H25F3N4O5. The molecule has 200 valence electrons. The number of urea groups is 1. The lowest BCUT2D eigenvalue weighted by molar-refractivity contribution is -0.192. The van der Waals surface area contributed by atoms with Crippen LogP contribution >= 0.6 is 0 Å². The summed E-state index contributed by atoms with van der Waals surface area (Å²) in [4.78, 5) is 52.5. The summed E-state index contributed by atoms with van der Waals surface area (Å²) < 4.78 is 47.4. The van der Waals surface area contributed by atoms with Gasteiger partial charge < -0.3 is 20.3 Å². The maximum atomic E-state index is 14.0. The molecule has 2 heterocycles.